The Bertz CT molecular complexity index is 679. The first-order valence-electron chi connectivity index (χ1n) is 8.38. The zero-order chi connectivity index (χ0) is 18.4. The molecule has 1 saturated heterocycles. The fraction of sp³-hybridized carbons (Fsp3) is 0.625. The summed E-state index contributed by atoms with van der Waals surface area (Å²) in [6.45, 7) is 3.74. The van der Waals surface area contributed by atoms with Gasteiger partial charge in [-0.1, -0.05) is 13.3 Å². The molecule has 0 unspecified atom stereocenters. The quantitative estimate of drug-likeness (QED) is 0.701. The molecule has 0 spiro atoms. The summed E-state index contributed by atoms with van der Waals surface area (Å²) in [6, 6.07) is 3.26. The number of furan rings is 1. The van der Waals surface area contributed by atoms with E-state index in [-0.39, 0.29) is 24.1 Å². The van der Waals surface area contributed by atoms with E-state index in [0.29, 0.717) is 39.1 Å². The van der Waals surface area contributed by atoms with Crippen molar-refractivity contribution in [1.29, 1.82) is 0 Å². The summed E-state index contributed by atoms with van der Waals surface area (Å²) in [5.41, 5.74) is 0. The number of sulfonamides is 1. The summed E-state index contributed by atoms with van der Waals surface area (Å²) < 4.78 is 30.0. The predicted molar refractivity (Wildman–Crippen MR) is 92.5 cm³/mol. The number of rotatable bonds is 7. The number of carbonyl (C=O) groups excluding carboxylic acids is 2. The number of carbonyl (C=O) groups is 2. The predicted octanol–water partition coefficient (Wildman–Crippen LogP) is 0.626. The lowest BCUT2D eigenvalue weighted by Crippen LogP contribution is -2.53. The van der Waals surface area contributed by atoms with Gasteiger partial charge in [0.25, 0.3) is 5.91 Å². The van der Waals surface area contributed by atoms with Crippen molar-refractivity contribution in [2.45, 2.75) is 19.8 Å². The molecule has 0 atom stereocenters. The molecule has 2 amide bonds. The highest BCUT2D eigenvalue weighted by atomic mass is 32.2. The molecule has 0 radical (unpaired) electrons. The highest BCUT2D eigenvalue weighted by Gasteiger charge is 2.28. The van der Waals surface area contributed by atoms with Gasteiger partial charge < -0.3 is 14.2 Å². The summed E-state index contributed by atoms with van der Waals surface area (Å²) in [4.78, 5) is 27.9. The normalized spacial score (nSPS) is 15.6. The maximum Gasteiger partial charge on any atom is 0.289 e. The van der Waals surface area contributed by atoms with Crippen molar-refractivity contribution in [2.24, 2.45) is 0 Å². The summed E-state index contributed by atoms with van der Waals surface area (Å²) >= 11 is 0. The minimum absolute atomic E-state index is 0.148. The van der Waals surface area contributed by atoms with Crippen LogP contribution in [0.5, 0.6) is 0 Å². The van der Waals surface area contributed by atoms with Crippen LogP contribution in [0.1, 0.15) is 30.3 Å². The van der Waals surface area contributed by atoms with Gasteiger partial charge in [0.1, 0.15) is 0 Å². The zero-order valence-electron chi connectivity index (χ0n) is 14.7. The van der Waals surface area contributed by atoms with Gasteiger partial charge in [-0.15, -0.1) is 0 Å². The van der Waals surface area contributed by atoms with E-state index in [9.17, 15) is 18.0 Å². The standard InChI is InChI=1S/C16H25N3O5S/c1-3-4-7-19(25(2,22)23)13-15(20)17-8-10-18(11-9-17)16(21)14-6-5-12-24-14/h5-6,12H,3-4,7-11,13H2,1-2H3. The molecule has 2 rings (SSSR count). The van der Waals surface area contributed by atoms with E-state index < -0.39 is 10.0 Å². The minimum Gasteiger partial charge on any atom is -0.459 e. The Morgan fingerprint density at radius 1 is 1.20 bits per heavy atom. The fourth-order valence-corrected chi connectivity index (χ4v) is 3.47. The summed E-state index contributed by atoms with van der Waals surface area (Å²) in [5, 5.41) is 0. The van der Waals surface area contributed by atoms with Crippen LogP contribution in [0.25, 0.3) is 0 Å². The zero-order valence-corrected chi connectivity index (χ0v) is 15.5. The van der Waals surface area contributed by atoms with Crippen LogP contribution < -0.4 is 0 Å². The van der Waals surface area contributed by atoms with Gasteiger partial charge in [-0.3, -0.25) is 9.59 Å². The summed E-state index contributed by atoms with van der Waals surface area (Å²) in [6.07, 6.45) is 4.14. The second kappa shape index (κ2) is 8.48. The first-order chi connectivity index (χ1) is 11.8. The molecule has 0 N–H and O–H groups in total. The maximum atomic E-state index is 12.4. The average molecular weight is 371 g/mol. The fourth-order valence-electron chi connectivity index (χ4n) is 2.66. The van der Waals surface area contributed by atoms with Crippen molar-refractivity contribution < 1.29 is 22.4 Å². The van der Waals surface area contributed by atoms with Gasteiger partial charge in [0, 0.05) is 32.7 Å². The Hall–Kier alpha value is -1.87. The smallest absolute Gasteiger partial charge is 0.289 e. The number of piperazine rings is 1. The molecule has 1 aromatic rings. The van der Waals surface area contributed by atoms with Crippen LogP contribution in [-0.4, -0.2) is 79.9 Å². The van der Waals surface area contributed by atoms with Gasteiger partial charge in [0.05, 0.1) is 19.1 Å². The maximum absolute atomic E-state index is 12.4. The third-order valence-electron chi connectivity index (χ3n) is 4.19. The van der Waals surface area contributed by atoms with Crippen LogP contribution in [0.4, 0.5) is 0 Å². The van der Waals surface area contributed by atoms with Gasteiger partial charge >= 0.3 is 0 Å². The number of unbranched alkanes of at least 4 members (excludes halogenated alkanes) is 1. The minimum atomic E-state index is -3.42. The second-order valence-corrected chi connectivity index (χ2v) is 8.08. The summed E-state index contributed by atoms with van der Waals surface area (Å²) in [5.74, 6) is -0.146. The van der Waals surface area contributed by atoms with Gasteiger partial charge in [-0.25, -0.2) is 8.42 Å². The SMILES string of the molecule is CCCCN(CC(=O)N1CCN(C(=O)c2ccco2)CC1)S(C)(=O)=O. The molecule has 25 heavy (non-hydrogen) atoms. The molecule has 0 bridgehead atoms. The third-order valence-corrected chi connectivity index (χ3v) is 5.44. The Morgan fingerprint density at radius 3 is 2.36 bits per heavy atom. The van der Waals surface area contributed by atoms with E-state index >= 15 is 0 Å². The van der Waals surface area contributed by atoms with E-state index in [1.165, 1.54) is 10.6 Å². The molecule has 8 nitrogen and oxygen atoms in total. The molecule has 0 aromatic carbocycles. The monoisotopic (exact) mass is 371 g/mol. The van der Waals surface area contributed by atoms with Crippen molar-refractivity contribution in [1.82, 2.24) is 14.1 Å². The Balaban J connectivity index is 1.88. The van der Waals surface area contributed by atoms with Gasteiger partial charge in [0.2, 0.25) is 15.9 Å². The average Bonchev–Trinajstić information content (AvgIpc) is 3.11. The van der Waals surface area contributed by atoms with Crippen LogP contribution in [-0.2, 0) is 14.8 Å². The van der Waals surface area contributed by atoms with E-state index in [0.717, 1.165) is 12.7 Å². The van der Waals surface area contributed by atoms with Gasteiger partial charge in [-0.05, 0) is 18.6 Å². The second-order valence-electron chi connectivity index (χ2n) is 6.10. The first-order valence-corrected chi connectivity index (χ1v) is 10.2. The molecular formula is C16H25N3O5S. The van der Waals surface area contributed by atoms with E-state index in [1.807, 2.05) is 6.92 Å². The number of amides is 2. The summed E-state index contributed by atoms with van der Waals surface area (Å²) in [7, 11) is -3.42. The third kappa shape index (κ3) is 5.30. The largest absolute Gasteiger partial charge is 0.459 e. The van der Waals surface area contributed by atoms with Crippen LogP contribution >= 0.6 is 0 Å². The molecular weight excluding hydrogens is 346 g/mol. The van der Waals surface area contributed by atoms with E-state index in [1.54, 1.807) is 21.9 Å². The molecule has 1 aromatic heterocycles. The van der Waals surface area contributed by atoms with Gasteiger partial charge in [0.15, 0.2) is 5.76 Å². The van der Waals surface area contributed by atoms with Crippen LogP contribution in [0.2, 0.25) is 0 Å². The molecule has 2 heterocycles. The molecule has 1 aliphatic rings. The van der Waals surface area contributed by atoms with Crippen molar-refractivity contribution in [3.8, 4) is 0 Å². The van der Waals surface area contributed by atoms with Crippen molar-refractivity contribution >= 4 is 21.8 Å². The van der Waals surface area contributed by atoms with E-state index in [4.69, 9.17) is 4.42 Å². The first kappa shape index (κ1) is 19.5. The Labute approximate surface area is 148 Å². The molecule has 9 heteroatoms. The van der Waals surface area contributed by atoms with Crippen LogP contribution in [0, 0.1) is 0 Å². The molecule has 0 saturated carbocycles. The lowest BCUT2D eigenvalue weighted by Gasteiger charge is -2.35. The number of hydrogen-bond donors (Lipinski definition) is 0. The lowest BCUT2D eigenvalue weighted by molar-refractivity contribution is -0.132. The van der Waals surface area contributed by atoms with E-state index in [2.05, 4.69) is 0 Å². The topological polar surface area (TPSA) is 91.1 Å². The highest BCUT2D eigenvalue weighted by Crippen LogP contribution is 2.10. The van der Waals surface area contributed by atoms with Crippen molar-refractivity contribution in [2.75, 3.05) is 45.5 Å². The van der Waals surface area contributed by atoms with Crippen molar-refractivity contribution in [3.63, 3.8) is 0 Å². The van der Waals surface area contributed by atoms with Crippen LogP contribution in [0.15, 0.2) is 22.8 Å². The highest BCUT2D eigenvalue weighted by molar-refractivity contribution is 7.88. The Kier molecular flexibility index (Phi) is 6.60. The lowest BCUT2D eigenvalue weighted by atomic mass is 10.2. The molecule has 140 valence electrons. The molecule has 1 aliphatic heterocycles. The van der Waals surface area contributed by atoms with Crippen molar-refractivity contribution in [3.05, 3.63) is 24.2 Å². The number of nitrogens with zero attached hydrogens (tertiary/aromatic N) is 3. The van der Waals surface area contributed by atoms with Crippen LogP contribution in [0.3, 0.4) is 0 Å². The molecule has 0 aliphatic carbocycles. The molecule has 1 fully saturated rings. The van der Waals surface area contributed by atoms with Gasteiger partial charge in [-0.2, -0.15) is 4.31 Å². The number of hydrogen-bond acceptors (Lipinski definition) is 5. The Morgan fingerprint density at radius 2 is 1.84 bits per heavy atom.